The van der Waals surface area contributed by atoms with Crippen LogP contribution in [-0.2, 0) is 34.8 Å². The van der Waals surface area contributed by atoms with Crippen molar-refractivity contribution in [2.24, 2.45) is 7.05 Å². The number of imidazole rings is 1. The Labute approximate surface area is 184 Å². The Morgan fingerprint density at radius 3 is 2.55 bits per heavy atom. The molecule has 3 aromatic rings. The van der Waals surface area contributed by atoms with Crippen LogP contribution < -0.4 is 5.32 Å². The summed E-state index contributed by atoms with van der Waals surface area (Å²) < 4.78 is 28.9. The van der Waals surface area contributed by atoms with Gasteiger partial charge in [0.25, 0.3) is 0 Å². The van der Waals surface area contributed by atoms with Crippen molar-refractivity contribution in [1.29, 1.82) is 0 Å². The van der Waals surface area contributed by atoms with E-state index in [1.807, 2.05) is 50.6 Å². The molecule has 0 unspecified atom stereocenters. The number of hydrogen-bond acceptors (Lipinski definition) is 4. The molecule has 0 radical (unpaired) electrons. The molecule has 7 nitrogen and oxygen atoms in total. The summed E-state index contributed by atoms with van der Waals surface area (Å²) in [4.78, 5) is 17.1. The number of nitrogens with zero attached hydrogens (tertiary/aromatic N) is 3. The van der Waals surface area contributed by atoms with Crippen LogP contribution in [0.2, 0.25) is 0 Å². The monoisotopic (exact) mass is 442 g/mol. The van der Waals surface area contributed by atoms with E-state index in [1.165, 1.54) is 4.31 Å². The molecule has 1 amide bonds. The van der Waals surface area contributed by atoms with Crippen molar-refractivity contribution in [3.05, 3.63) is 59.4 Å². The van der Waals surface area contributed by atoms with E-state index in [4.69, 9.17) is 0 Å². The molecule has 31 heavy (non-hydrogen) atoms. The second kappa shape index (κ2) is 9.62. The number of hydrogen-bond donors (Lipinski definition) is 1. The van der Waals surface area contributed by atoms with Gasteiger partial charge in [-0.05, 0) is 30.7 Å². The van der Waals surface area contributed by atoms with Gasteiger partial charge in [-0.25, -0.2) is 13.4 Å². The lowest BCUT2D eigenvalue weighted by atomic mass is 10.1. The first-order chi connectivity index (χ1) is 14.8. The summed E-state index contributed by atoms with van der Waals surface area (Å²) in [5, 5.41) is 2.94. The molecule has 0 aliphatic rings. The van der Waals surface area contributed by atoms with Gasteiger partial charge in [0.05, 0.1) is 15.9 Å². The first kappa shape index (κ1) is 23.0. The van der Waals surface area contributed by atoms with E-state index >= 15 is 0 Å². The van der Waals surface area contributed by atoms with Crippen molar-refractivity contribution in [2.45, 2.75) is 45.1 Å². The van der Waals surface area contributed by atoms with Gasteiger partial charge in [0.1, 0.15) is 5.82 Å². The molecule has 1 aromatic heterocycles. The van der Waals surface area contributed by atoms with Crippen LogP contribution in [0.15, 0.2) is 47.4 Å². The van der Waals surface area contributed by atoms with Gasteiger partial charge >= 0.3 is 0 Å². The highest BCUT2D eigenvalue weighted by molar-refractivity contribution is 7.89. The highest BCUT2D eigenvalue weighted by Gasteiger charge is 2.22. The van der Waals surface area contributed by atoms with Crippen molar-refractivity contribution < 1.29 is 13.2 Å². The van der Waals surface area contributed by atoms with Gasteiger partial charge in [-0.3, -0.25) is 4.79 Å². The smallest absolute Gasteiger partial charge is 0.243 e. The van der Waals surface area contributed by atoms with E-state index in [-0.39, 0.29) is 10.8 Å². The Balaban J connectivity index is 1.70. The van der Waals surface area contributed by atoms with Crippen LogP contribution in [0.5, 0.6) is 0 Å². The van der Waals surface area contributed by atoms with Gasteiger partial charge in [-0.15, -0.1) is 0 Å². The fourth-order valence-corrected chi connectivity index (χ4v) is 5.14. The van der Waals surface area contributed by atoms with Gasteiger partial charge < -0.3 is 9.88 Å². The topological polar surface area (TPSA) is 84.3 Å². The summed E-state index contributed by atoms with van der Waals surface area (Å²) in [5.74, 6) is 0.705. The molecule has 1 heterocycles. The van der Waals surface area contributed by atoms with E-state index in [0.717, 1.165) is 22.5 Å². The number of aryl methyl sites for hydroxylation is 3. The predicted octanol–water partition coefficient (Wildman–Crippen LogP) is 3.16. The Morgan fingerprint density at radius 2 is 1.87 bits per heavy atom. The van der Waals surface area contributed by atoms with E-state index in [2.05, 4.69) is 16.4 Å². The zero-order valence-electron chi connectivity index (χ0n) is 18.6. The van der Waals surface area contributed by atoms with Crippen LogP contribution in [0.4, 0.5) is 0 Å². The summed E-state index contributed by atoms with van der Waals surface area (Å²) in [6.07, 6.45) is 0.788. The van der Waals surface area contributed by atoms with Crippen LogP contribution in [0.25, 0.3) is 11.0 Å². The second-order valence-corrected chi connectivity index (χ2v) is 9.53. The van der Waals surface area contributed by atoms with E-state index in [1.54, 1.807) is 18.2 Å². The first-order valence-corrected chi connectivity index (χ1v) is 12.0. The molecule has 2 aromatic carbocycles. The highest BCUT2D eigenvalue weighted by Crippen LogP contribution is 2.22. The zero-order chi connectivity index (χ0) is 22.6. The predicted molar refractivity (Wildman–Crippen MR) is 122 cm³/mol. The summed E-state index contributed by atoms with van der Waals surface area (Å²) in [7, 11) is -1.66. The average molecular weight is 443 g/mol. The largest absolute Gasteiger partial charge is 0.352 e. The number of benzene rings is 2. The average Bonchev–Trinajstić information content (AvgIpc) is 3.06. The van der Waals surface area contributed by atoms with Gasteiger partial charge in [0.15, 0.2) is 0 Å². The lowest BCUT2D eigenvalue weighted by Crippen LogP contribution is -2.30. The van der Waals surface area contributed by atoms with E-state index in [9.17, 15) is 13.2 Å². The maximum atomic E-state index is 12.8. The van der Waals surface area contributed by atoms with Crippen molar-refractivity contribution in [1.82, 2.24) is 19.2 Å². The number of aromatic nitrogens is 2. The third-order valence-corrected chi connectivity index (χ3v) is 7.48. The zero-order valence-corrected chi connectivity index (χ0v) is 19.4. The fourth-order valence-electron chi connectivity index (χ4n) is 3.66. The molecule has 166 valence electrons. The third-order valence-electron chi connectivity index (χ3n) is 5.44. The number of carbonyl (C=O) groups is 1. The molecular weight excluding hydrogens is 412 g/mol. The molecule has 8 heteroatoms. The number of carbonyl (C=O) groups excluding carboxylic acids is 1. The fraction of sp³-hybridized carbons (Fsp3) is 0.391. The quantitative estimate of drug-likeness (QED) is 0.552. The molecular formula is C23H30N4O3S. The van der Waals surface area contributed by atoms with Gasteiger partial charge in [0, 0.05) is 39.5 Å². The summed E-state index contributed by atoms with van der Waals surface area (Å²) in [6, 6.07) is 13.1. The maximum Gasteiger partial charge on any atom is 0.243 e. The number of fused-ring (bicyclic) bond motifs is 1. The summed E-state index contributed by atoms with van der Waals surface area (Å²) in [5.41, 5.74) is 3.69. The van der Waals surface area contributed by atoms with Gasteiger partial charge in [0.2, 0.25) is 15.9 Å². The summed E-state index contributed by atoms with van der Waals surface area (Å²) in [6.45, 7) is 7.00. The maximum absolute atomic E-state index is 12.8. The first-order valence-electron chi connectivity index (χ1n) is 10.5. The van der Waals surface area contributed by atoms with Crippen molar-refractivity contribution in [3.63, 3.8) is 0 Å². The van der Waals surface area contributed by atoms with Crippen LogP contribution >= 0.6 is 0 Å². The second-order valence-electron chi connectivity index (χ2n) is 7.59. The molecule has 0 aliphatic carbocycles. The minimum atomic E-state index is -3.54. The Bertz CT molecular complexity index is 1180. The Hall–Kier alpha value is -2.71. The van der Waals surface area contributed by atoms with Crippen LogP contribution in [0, 0.1) is 6.92 Å². The van der Waals surface area contributed by atoms with Crippen LogP contribution in [0.3, 0.4) is 0 Å². The molecule has 0 bridgehead atoms. The van der Waals surface area contributed by atoms with Gasteiger partial charge in [-0.1, -0.05) is 43.7 Å². The van der Waals surface area contributed by atoms with Crippen molar-refractivity contribution in [3.8, 4) is 0 Å². The molecule has 0 saturated heterocycles. The van der Waals surface area contributed by atoms with Crippen LogP contribution in [-0.4, -0.2) is 41.3 Å². The molecule has 0 saturated carbocycles. The third kappa shape index (κ3) is 5.14. The van der Waals surface area contributed by atoms with Gasteiger partial charge in [-0.2, -0.15) is 4.31 Å². The van der Waals surface area contributed by atoms with E-state index < -0.39 is 10.0 Å². The highest BCUT2D eigenvalue weighted by atomic mass is 32.2. The molecule has 0 aliphatic heterocycles. The molecule has 3 rings (SSSR count). The number of nitrogens with one attached hydrogen (secondary N) is 1. The van der Waals surface area contributed by atoms with E-state index in [0.29, 0.717) is 38.0 Å². The minimum absolute atomic E-state index is 0.0432. The Kier molecular flexibility index (Phi) is 7.12. The Morgan fingerprint density at radius 1 is 1.13 bits per heavy atom. The molecule has 0 atom stereocenters. The minimum Gasteiger partial charge on any atom is -0.352 e. The SMILES string of the molecule is CCN(CC)S(=O)(=O)c1ccc2c(c1)nc(CCC(=O)NCc1cccc(C)c1)n2C. The summed E-state index contributed by atoms with van der Waals surface area (Å²) >= 11 is 0. The molecule has 0 fully saturated rings. The standard InChI is InChI=1S/C23H30N4O3S/c1-5-27(6-2)31(29,30)19-10-11-21-20(15-19)25-22(26(21)4)12-13-23(28)24-16-18-9-7-8-17(3)14-18/h7-11,14-15H,5-6,12-13,16H2,1-4H3,(H,24,28). The number of sulfonamides is 1. The molecule has 1 N–H and O–H groups in total. The van der Waals surface area contributed by atoms with Crippen LogP contribution in [0.1, 0.15) is 37.2 Å². The number of rotatable bonds is 9. The van der Waals surface area contributed by atoms with Crippen molar-refractivity contribution >= 4 is 27.0 Å². The lowest BCUT2D eigenvalue weighted by Gasteiger charge is -2.18. The lowest BCUT2D eigenvalue weighted by molar-refractivity contribution is -0.121. The normalized spacial score (nSPS) is 11.9. The van der Waals surface area contributed by atoms with Crippen molar-refractivity contribution in [2.75, 3.05) is 13.1 Å². The molecule has 0 spiro atoms. The number of amides is 1.